The largest absolute Gasteiger partial charge is 0.497 e. The summed E-state index contributed by atoms with van der Waals surface area (Å²) in [5, 5.41) is 3.42. The number of anilines is 1. The fourth-order valence-electron chi connectivity index (χ4n) is 3.55. The average molecular weight is 336 g/mol. The first-order chi connectivity index (χ1) is 12.3. The molecule has 0 spiro atoms. The quantitative estimate of drug-likeness (QED) is 0.901. The van der Waals surface area contributed by atoms with Crippen LogP contribution in [0, 0.1) is 0 Å². The van der Waals surface area contributed by atoms with Gasteiger partial charge in [-0.1, -0.05) is 18.2 Å². The van der Waals surface area contributed by atoms with Gasteiger partial charge in [-0.2, -0.15) is 0 Å². The maximum atomic E-state index is 13.3. The number of rotatable bonds is 5. The van der Waals surface area contributed by atoms with Crippen LogP contribution in [0.1, 0.15) is 40.7 Å². The van der Waals surface area contributed by atoms with E-state index in [0.717, 1.165) is 54.8 Å². The lowest BCUT2D eigenvalue weighted by Crippen LogP contribution is -2.33. The van der Waals surface area contributed by atoms with Gasteiger partial charge >= 0.3 is 0 Å². The normalized spacial score (nSPS) is 15.9. The van der Waals surface area contributed by atoms with Gasteiger partial charge in [0.1, 0.15) is 5.75 Å². The van der Waals surface area contributed by atoms with Crippen molar-refractivity contribution in [2.75, 3.05) is 19.0 Å². The lowest BCUT2D eigenvalue weighted by atomic mass is 9.96. The molecule has 0 unspecified atom stereocenters. The minimum atomic E-state index is 0.166. The van der Waals surface area contributed by atoms with Crippen molar-refractivity contribution in [3.63, 3.8) is 0 Å². The molecule has 1 N–H and O–H groups in total. The molecule has 0 radical (unpaired) electrons. The summed E-state index contributed by atoms with van der Waals surface area (Å²) in [4.78, 5) is 15.3. The Morgan fingerprint density at radius 3 is 2.72 bits per heavy atom. The zero-order valence-electron chi connectivity index (χ0n) is 14.6. The predicted octanol–water partition coefficient (Wildman–Crippen LogP) is 3.86. The van der Waals surface area contributed by atoms with Crippen LogP contribution in [0.25, 0.3) is 0 Å². The first-order valence-corrected chi connectivity index (χ1v) is 9.06. The zero-order chi connectivity index (χ0) is 17.2. The predicted molar refractivity (Wildman–Crippen MR) is 99.1 cm³/mol. The number of fused-ring (bicyclic) bond motifs is 1. The van der Waals surface area contributed by atoms with Crippen LogP contribution in [0.4, 0.5) is 5.69 Å². The van der Waals surface area contributed by atoms with Crippen LogP contribution in [0.5, 0.6) is 5.75 Å². The highest BCUT2D eigenvalue weighted by atomic mass is 16.5. The first kappa shape index (κ1) is 16.0. The van der Waals surface area contributed by atoms with Crippen molar-refractivity contribution in [3.05, 3.63) is 59.2 Å². The first-order valence-electron chi connectivity index (χ1n) is 9.06. The molecule has 0 aromatic heterocycles. The van der Waals surface area contributed by atoms with Gasteiger partial charge in [0.05, 0.1) is 7.11 Å². The summed E-state index contributed by atoms with van der Waals surface area (Å²) in [7, 11) is 1.67. The Balaban J connectivity index is 1.59. The van der Waals surface area contributed by atoms with Gasteiger partial charge in [0, 0.05) is 30.4 Å². The van der Waals surface area contributed by atoms with Gasteiger partial charge in [-0.15, -0.1) is 0 Å². The van der Waals surface area contributed by atoms with E-state index in [9.17, 15) is 4.79 Å². The van der Waals surface area contributed by atoms with Crippen molar-refractivity contribution in [3.8, 4) is 5.75 Å². The molecule has 1 heterocycles. The number of benzene rings is 2. The summed E-state index contributed by atoms with van der Waals surface area (Å²) in [5.74, 6) is 1.01. The third-order valence-corrected chi connectivity index (χ3v) is 5.09. The Hall–Kier alpha value is -2.49. The molecule has 2 aromatic carbocycles. The van der Waals surface area contributed by atoms with Crippen molar-refractivity contribution >= 4 is 11.6 Å². The molecule has 4 nitrogen and oxygen atoms in total. The number of hydrogen-bond donors (Lipinski definition) is 1. The third kappa shape index (κ3) is 3.34. The number of carbonyl (C=O) groups is 1. The second kappa shape index (κ2) is 6.79. The van der Waals surface area contributed by atoms with Crippen molar-refractivity contribution in [2.24, 2.45) is 0 Å². The number of nitrogens with zero attached hydrogens (tertiary/aromatic N) is 1. The Labute approximate surface area is 148 Å². The second-order valence-corrected chi connectivity index (χ2v) is 6.87. The molecular weight excluding hydrogens is 312 g/mol. The average Bonchev–Trinajstić information content (AvgIpc) is 3.50. The van der Waals surface area contributed by atoms with Gasteiger partial charge in [0.25, 0.3) is 5.91 Å². The number of nitrogens with one attached hydrogen (secondary N) is 1. The third-order valence-electron chi connectivity index (χ3n) is 5.09. The highest BCUT2D eigenvalue weighted by Crippen LogP contribution is 2.33. The van der Waals surface area contributed by atoms with Crippen LogP contribution < -0.4 is 10.1 Å². The molecule has 1 fully saturated rings. The number of ether oxygens (including phenoxy) is 1. The van der Waals surface area contributed by atoms with Gasteiger partial charge in [0.2, 0.25) is 0 Å². The van der Waals surface area contributed by atoms with Crippen LogP contribution in [-0.2, 0) is 13.0 Å². The number of amides is 1. The number of methoxy groups -OCH3 is 1. The topological polar surface area (TPSA) is 41.6 Å². The van der Waals surface area contributed by atoms with E-state index in [-0.39, 0.29) is 5.91 Å². The minimum Gasteiger partial charge on any atom is -0.497 e. The van der Waals surface area contributed by atoms with Crippen LogP contribution in [0.3, 0.4) is 0 Å². The van der Waals surface area contributed by atoms with E-state index < -0.39 is 0 Å². The van der Waals surface area contributed by atoms with Crippen molar-refractivity contribution in [1.29, 1.82) is 0 Å². The molecule has 1 saturated carbocycles. The van der Waals surface area contributed by atoms with Gasteiger partial charge < -0.3 is 15.0 Å². The molecule has 2 aromatic rings. The second-order valence-electron chi connectivity index (χ2n) is 6.87. The van der Waals surface area contributed by atoms with Crippen molar-refractivity contribution < 1.29 is 9.53 Å². The lowest BCUT2D eigenvalue weighted by Gasteiger charge is -2.26. The van der Waals surface area contributed by atoms with Crippen LogP contribution >= 0.6 is 0 Å². The van der Waals surface area contributed by atoms with Gasteiger partial charge in [-0.25, -0.2) is 0 Å². The van der Waals surface area contributed by atoms with E-state index >= 15 is 0 Å². The fourth-order valence-corrected chi connectivity index (χ4v) is 3.55. The standard InChI is InChI=1S/C21H24N2O2/c1-25-17-11-7-15(8-12-17)14-23(16-9-10-16)21(24)19-4-2-6-20-18(19)5-3-13-22-20/h2,4,6-8,11-12,16,22H,3,5,9-10,13-14H2,1H3. The maximum Gasteiger partial charge on any atom is 0.254 e. The number of carbonyl (C=O) groups excluding carboxylic acids is 1. The summed E-state index contributed by atoms with van der Waals surface area (Å²) >= 11 is 0. The molecule has 25 heavy (non-hydrogen) atoms. The monoisotopic (exact) mass is 336 g/mol. The smallest absolute Gasteiger partial charge is 0.254 e. The Bertz CT molecular complexity index is 766. The molecule has 0 bridgehead atoms. The molecule has 1 amide bonds. The molecular formula is C21H24N2O2. The van der Waals surface area contributed by atoms with Gasteiger partial charge in [0.15, 0.2) is 0 Å². The molecule has 0 saturated heterocycles. The Kier molecular flexibility index (Phi) is 4.35. The summed E-state index contributed by atoms with van der Waals surface area (Å²) in [5.41, 5.74) is 4.31. The van der Waals surface area contributed by atoms with E-state index in [4.69, 9.17) is 4.74 Å². The summed E-state index contributed by atoms with van der Waals surface area (Å²) in [6.45, 7) is 1.65. The molecule has 4 rings (SSSR count). The molecule has 4 heteroatoms. The van der Waals surface area contributed by atoms with Gasteiger partial charge in [-0.3, -0.25) is 4.79 Å². The van der Waals surface area contributed by atoms with E-state index in [1.165, 1.54) is 5.56 Å². The van der Waals surface area contributed by atoms with E-state index in [0.29, 0.717) is 12.6 Å². The van der Waals surface area contributed by atoms with Crippen LogP contribution in [0.15, 0.2) is 42.5 Å². The zero-order valence-corrected chi connectivity index (χ0v) is 14.6. The Morgan fingerprint density at radius 1 is 1.20 bits per heavy atom. The summed E-state index contributed by atoms with van der Waals surface area (Å²) in [6, 6.07) is 14.4. The van der Waals surface area contributed by atoms with E-state index in [1.807, 2.05) is 41.3 Å². The molecule has 130 valence electrons. The number of hydrogen-bond acceptors (Lipinski definition) is 3. The van der Waals surface area contributed by atoms with Gasteiger partial charge in [-0.05, 0) is 61.1 Å². The minimum absolute atomic E-state index is 0.166. The maximum absolute atomic E-state index is 13.3. The van der Waals surface area contributed by atoms with E-state index in [1.54, 1.807) is 7.11 Å². The van der Waals surface area contributed by atoms with Crippen molar-refractivity contribution in [2.45, 2.75) is 38.3 Å². The highest BCUT2D eigenvalue weighted by molar-refractivity contribution is 5.97. The van der Waals surface area contributed by atoms with Crippen molar-refractivity contribution in [1.82, 2.24) is 4.90 Å². The van der Waals surface area contributed by atoms with Crippen LogP contribution in [-0.4, -0.2) is 30.5 Å². The Morgan fingerprint density at radius 2 is 2.00 bits per heavy atom. The van der Waals surface area contributed by atoms with Crippen LogP contribution in [0.2, 0.25) is 0 Å². The summed E-state index contributed by atoms with van der Waals surface area (Å²) in [6.07, 6.45) is 4.27. The highest BCUT2D eigenvalue weighted by Gasteiger charge is 2.34. The molecule has 2 aliphatic rings. The molecule has 0 atom stereocenters. The SMILES string of the molecule is COc1ccc(CN(C(=O)c2cccc3c2CCCN3)C2CC2)cc1. The molecule has 1 aliphatic heterocycles. The lowest BCUT2D eigenvalue weighted by molar-refractivity contribution is 0.0728. The fraction of sp³-hybridized carbons (Fsp3) is 0.381. The van der Waals surface area contributed by atoms with E-state index in [2.05, 4.69) is 11.4 Å². The molecule has 1 aliphatic carbocycles. The summed E-state index contributed by atoms with van der Waals surface area (Å²) < 4.78 is 5.23.